The fraction of sp³-hybridized carbons (Fsp3) is 0.148. The Morgan fingerprint density at radius 3 is 2.31 bits per heavy atom. The molecule has 4 rings (SSSR count). The largest absolute Gasteiger partial charge is 0.454 e. The Hall–Kier alpha value is -3.86. The SMILES string of the molecule is Cc1nc2ccccc2c(-c2ccccc2)c1CC(=O)OC(C)C(=O)c1ccc(F)cc1. The molecular formula is C27H22FNO3. The van der Waals surface area contributed by atoms with Gasteiger partial charge in [0, 0.05) is 16.6 Å². The van der Waals surface area contributed by atoms with E-state index in [2.05, 4.69) is 4.98 Å². The number of fused-ring (bicyclic) bond motifs is 1. The van der Waals surface area contributed by atoms with Crippen LogP contribution in [0, 0.1) is 12.7 Å². The van der Waals surface area contributed by atoms with Gasteiger partial charge in [-0.3, -0.25) is 14.6 Å². The van der Waals surface area contributed by atoms with E-state index in [1.165, 1.54) is 31.2 Å². The van der Waals surface area contributed by atoms with Gasteiger partial charge < -0.3 is 4.74 Å². The molecule has 0 aliphatic carbocycles. The summed E-state index contributed by atoms with van der Waals surface area (Å²) in [6.07, 6.45) is -1.00. The van der Waals surface area contributed by atoms with Crippen LogP contribution in [0.3, 0.4) is 0 Å². The third kappa shape index (κ3) is 4.42. The molecule has 0 aliphatic heterocycles. The number of para-hydroxylation sites is 1. The first-order valence-corrected chi connectivity index (χ1v) is 10.4. The molecule has 0 fully saturated rings. The Labute approximate surface area is 185 Å². The molecule has 0 amide bonds. The second-order valence-electron chi connectivity index (χ2n) is 7.61. The van der Waals surface area contributed by atoms with Gasteiger partial charge in [0.1, 0.15) is 5.82 Å². The van der Waals surface area contributed by atoms with E-state index in [4.69, 9.17) is 4.74 Å². The van der Waals surface area contributed by atoms with Gasteiger partial charge in [-0.15, -0.1) is 0 Å². The van der Waals surface area contributed by atoms with E-state index in [1.54, 1.807) is 0 Å². The number of esters is 1. The van der Waals surface area contributed by atoms with E-state index < -0.39 is 17.9 Å². The second-order valence-corrected chi connectivity index (χ2v) is 7.61. The van der Waals surface area contributed by atoms with Crippen molar-refractivity contribution in [2.24, 2.45) is 0 Å². The summed E-state index contributed by atoms with van der Waals surface area (Å²) >= 11 is 0. The number of nitrogens with zero attached hydrogens (tertiary/aromatic N) is 1. The van der Waals surface area contributed by atoms with E-state index in [1.807, 2.05) is 61.5 Å². The number of ether oxygens (including phenoxy) is 1. The molecule has 1 unspecified atom stereocenters. The molecule has 0 radical (unpaired) electrons. The van der Waals surface area contributed by atoms with Crippen LogP contribution in [-0.2, 0) is 16.0 Å². The molecule has 1 heterocycles. The van der Waals surface area contributed by atoms with Crippen LogP contribution in [-0.4, -0.2) is 22.8 Å². The second kappa shape index (κ2) is 9.10. The average molecular weight is 427 g/mol. The van der Waals surface area contributed by atoms with Crippen molar-refractivity contribution in [2.75, 3.05) is 0 Å². The van der Waals surface area contributed by atoms with Crippen molar-refractivity contribution in [3.63, 3.8) is 0 Å². The number of ketones is 1. The van der Waals surface area contributed by atoms with Gasteiger partial charge in [-0.25, -0.2) is 4.39 Å². The maximum Gasteiger partial charge on any atom is 0.311 e. The van der Waals surface area contributed by atoms with Crippen LogP contribution in [0.15, 0.2) is 78.9 Å². The van der Waals surface area contributed by atoms with E-state index in [0.29, 0.717) is 5.56 Å². The predicted octanol–water partition coefficient (Wildman–Crippen LogP) is 5.71. The zero-order valence-corrected chi connectivity index (χ0v) is 17.8. The zero-order valence-electron chi connectivity index (χ0n) is 17.8. The summed E-state index contributed by atoms with van der Waals surface area (Å²) in [5.74, 6) is -1.33. The number of Topliss-reactive ketones (excluding diaryl/α,β-unsaturated/α-hetero) is 1. The number of carbonyl (C=O) groups is 2. The van der Waals surface area contributed by atoms with Crippen molar-refractivity contribution in [3.8, 4) is 11.1 Å². The summed E-state index contributed by atoms with van der Waals surface area (Å²) in [4.78, 5) is 30.1. The zero-order chi connectivity index (χ0) is 22.7. The quantitative estimate of drug-likeness (QED) is 0.292. The average Bonchev–Trinajstić information content (AvgIpc) is 2.80. The molecule has 0 saturated heterocycles. The summed E-state index contributed by atoms with van der Waals surface area (Å²) < 4.78 is 18.6. The highest BCUT2D eigenvalue weighted by Crippen LogP contribution is 2.33. The third-order valence-electron chi connectivity index (χ3n) is 5.39. The maximum absolute atomic E-state index is 13.1. The molecule has 0 spiro atoms. The summed E-state index contributed by atoms with van der Waals surface area (Å²) in [6, 6.07) is 22.8. The van der Waals surface area contributed by atoms with Crippen molar-refractivity contribution < 1.29 is 18.7 Å². The van der Waals surface area contributed by atoms with E-state index in [0.717, 1.165) is 33.3 Å². The molecule has 5 heteroatoms. The highest BCUT2D eigenvalue weighted by molar-refractivity contribution is 6.01. The molecule has 0 saturated carbocycles. The first-order valence-electron chi connectivity index (χ1n) is 10.4. The molecule has 0 N–H and O–H groups in total. The number of pyridine rings is 1. The Bertz CT molecular complexity index is 1280. The maximum atomic E-state index is 13.1. The highest BCUT2D eigenvalue weighted by Gasteiger charge is 2.22. The van der Waals surface area contributed by atoms with Crippen LogP contribution in [0.2, 0.25) is 0 Å². The first-order chi connectivity index (χ1) is 15.4. The van der Waals surface area contributed by atoms with E-state index >= 15 is 0 Å². The summed E-state index contributed by atoms with van der Waals surface area (Å²) in [7, 11) is 0. The van der Waals surface area contributed by atoms with E-state index in [-0.39, 0.29) is 12.2 Å². The van der Waals surface area contributed by atoms with Gasteiger partial charge in [0.2, 0.25) is 5.78 Å². The Kier molecular flexibility index (Phi) is 6.08. The van der Waals surface area contributed by atoms with Crippen LogP contribution in [0.1, 0.15) is 28.5 Å². The van der Waals surface area contributed by atoms with Gasteiger partial charge in [-0.1, -0.05) is 48.5 Å². The number of hydrogen-bond acceptors (Lipinski definition) is 4. The van der Waals surface area contributed by atoms with Gasteiger partial charge in [-0.05, 0) is 60.9 Å². The lowest BCUT2D eigenvalue weighted by molar-refractivity contribution is -0.145. The summed E-state index contributed by atoms with van der Waals surface area (Å²) in [5.41, 5.74) is 4.55. The highest BCUT2D eigenvalue weighted by atomic mass is 19.1. The number of aryl methyl sites for hydroxylation is 1. The van der Waals surface area contributed by atoms with Gasteiger partial charge in [-0.2, -0.15) is 0 Å². The van der Waals surface area contributed by atoms with Gasteiger partial charge in [0.05, 0.1) is 11.9 Å². The number of aromatic nitrogens is 1. The number of carbonyl (C=O) groups excluding carboxylic acids is 2. The van der Waals surface area contributed by atoms with E-state index in [9.17, 15) is 14.0 Å². The number of rotatable bonds is 6. The molecule has 3 aromatic carbocycles. The molecule has 4 nitrogen and oxygen atoms in total. The monoisotopic (exact) mass is 427 g/mol. The van der Waals surface area contributed by atoms with Crippen LogP contribution >= 0.6 is 0 Å². The van der Waals surface area contributed by atoms with Gasteiger partial charge >= 0.3 is 5.97 Å². The van der Waals surface area contributed by atoms with Crippen molar-refractivity contribution in [1.29, 1.82) is 0 Å². The molecule has 1 aromatic heterocycles. The van der Waals surface area contributed by atoms with Crippen LogP contribution in [0.5, 0.6) is 0 Å². The Morgan fingerprint density at radius 1 is 0.938 bits per heavy atom. The third-order valence-corrected chi connectivity index (χ3v) is 5.39. The molecule has 160 valence electrons. The standard InChI is InChI=1S/C27H22FNO3/c1-17-23(16-25(30)32-18(2)27(31)20-12-14-21(28)15-13-20)26(19-8-4-3-5-9-19)22-10-6-7-11-24(22)29-17/h3-15,18H,16H2,1-2H3. The lowest BCUT2D eigenvalue weighted by Gasteiger charge is -2.17. The fourth-order valence-electron chi connectivity index (χ4n) is 3.81. The minimum Gasteiger partial charge on any atom is -0.454 e. The normalized spacial score (nSPS) is 11.8. The smallest absolute Gasteiger partial charge is 0.311 e. The molecule has 32 heavy (non-hydrogen) atoms. The molecule has 0 aliphatic rings. The van der Waals surface area contributed by atoms with Crippen molar-refractivity contribution >= 4 is 22.7 Å². The van der Waals surface area contributed by atoms with Crippen LogP contribution < -0.4 is 0 Å². The van der Waals surface area contributed by atoms with Crippen molar-refractivity contribution in [1.82, 2.24) is 4.98 Å². The minimum absolute atomic E-state index is 0.0189. The lowest BCUT2D eigenvalue weighted by atomic mass is 9.92. The topological polar surface area (TPSA) is 56.3 Å². The van der Waals surface area contributed by atoms with Crippen molar-refractivity contribution in [2.45, 2.75) is 26.4 Å². The van der Waals surface area contributed by atoms with Gasteiger partial charge in [0.25, 0.3) is 0 Å². The lowest BCUT2D eigenvalue weighted by Crippen LogP contribution is -2.25. The van der Waals surface area contributed by atoms with Crippen molar-refractivity contribution in [3.05, 3.63) is 102 Å². The molecule has 0 bridgehead atoms. The Balaban J connectivity index is 1.64. The van der Waals surface area contributed by atoms with Crippen LogP contribution in [0.25, 0.3) is 22.0 Å². The predicted molar refractivity (Wildman–Crippen MR) is 122 cm³/mol. The Morgan fingerprint density at radius 2 is 1.59 bits per heavy atom. The summed E-state index contributed by atoms with van der Waals surface area (Å²) in [6.45, 7) is 3.39. The number of benzene rings is 3. The molecular weight excluding hydrogens is 405 g/mol. The number of halogens is 1. The fourth-order valence-corrected chi connectivity index (χ4v) is 3.81. The minimum atomic E-state index is -0.984. The summed E-state index contributed by atoms with van der Waals surface area (Å²) in [5, 5.41) is 0.947. The van der Waals surface area contributed by atoms with Crippen LogP contribution in [0.4, 0.5) is 4.39 Å². The molecule has 4 aromatic rings. The number of hydrogen-bond donors (Lipinski definition) is 0. The molecule has 1 atom stereocenters. The van der Waals surface area contributed by atoms with Gasteiger partial charge in [0.15, 0.2) is 6.10 Å². The first kappa shape index (κ1) is 21.4.